The number of anilines is 1. The molecular formula is C12H19N5. The van der Waals surface area contributed by atoms with Crippen LogP contribution in [-0.4, -0.2) is 54.6 Å². The average Bonchev–Trinajstić information content (AvgIpc) is 2.67. The van der Waals surface area contributed by atoms with Crippen LogP contribution in [0.25, 0.3) is 11.2 Å². The molecule has 0 aliphatic rings. The van der Waals surface area contributed by atoms with Gasteiger partial charge in [0.1, 0.15) is 11.6 Å². The molecule has 17 heavy (non-hydrogen) atoms. The van der Waals surface area contributed by atoms with Gasteiger partial charge < -0.3 is 14.8 Å². The highest BCUT2D eigenvalue weighted by Crippen LogP contribution is 2.14. The third-order valence-corrected chi connectivity index (χ3v) is 2.63. The third kappa shape index (κ3) is 2.74. The normalized spacial score (nSPS) is 11.4. The standard InChI is InChI=1S/C12H19N5/c1-16(2)8-7-10-13-9-5-6-11(17(3)4)15-12(9)14-10/h5-6H,7-8H2,1-4H3,(H,13,14,15). The molecule has 2 aromatic heterocycles. The second-order valence-corrected chi connectivity index (χ2v) is 4.67. The molecule has 1 N–H and O–H groups in total. The van der Waals surface area contributed by atoms with Crippen LogP contribution >= 0.6 is 0 Å². The molecule has 2 rings (SSSR count). The Balaban J connectivity index is 2.24. The van der Waals surface area contributed by atoms with Crippen molar-refractivity contribution in [1.29, 1.82) is 0 Å². The molecule has 0 saturated heterocycles. The Bertz CT molecular complexity index is 501. The van der Waals surface area contributed by atoms with Crippen LogP contribution < -0.4 is 4.90 Å². The van der Waals surface area contributed by atoms with Gasteiger partial charge in [-0.05, 0) is 26.2 Å². The quantitative estimate of drug-likeness (QED) is 0.860. The zero-order valence-electron chi connectivity index (χ0n) is 10.9. The van der Waals surface area contributed by atoms with E-state index < -0.39 is 0 Å². The van der Waals surface area contributed by atoms with Crippen molar-refractivity contribution in [2.24, 2.45) is 0 Å². The lowest BCUT2D eigenvalue weighted by Crippen LogP contribution is -2.15. The molecule has 0 atom stereocenters. The van der Waals surface area contributed by atoms with Gasteiger partial charge >= 0.3 is 0 Å². The van der Waals surface area contributed by atoms with Crippen molar-refractivity contribution in [2.45, 2.75) is 6.42 Å². The molecule has 5 heteroatoms. The van der Waals surface area contributed by atoms with Crippen LogP contribution in [0.3, 0.4) is 0 Å². The van der Waals surface area contributed by atoms with Crippen molar-refractivity contribution in [3.63, 3.8) is 0 Å². The highest BCUT2D eigenvalue weighted by molar-refractivity contribution is 5.73. The van der Waals surface area contributed by atoms with Crippen molar-refractivity contribution >= 4 is 17.0 Å². The van der Waals surface area contributed by atoms with Gasteiger partial charge in [0.15, 0.2) is 5.65 Å². The minimum atomic E-state index is 0.796. The van der Waals surface area contributed by atoms with Crippen LogP contribution in [0.1, 0.15) is 5.82 Å². The maximum absolute atomic E-state index is 4.51. The number of likely N-dealkylation sites (N-methyl/N-ethyl adjacent to an activating group) is 1. The SMILES string of the molecule is CN(C)CCc1nc2nc(N(C)C)ccc2[nH]1. The maximum Gasteiger partial charge on any atom is 0.179 e. The Morgan fingerprint density at radius 1 is 1.12 bits per heavy atom. The molecule has 92 valence electrons. The summed E-state index contributed by atoms with van der Waals surface area (Å²) in [6.45, 7) is 0.986. The minimum absolute atomic E-state index is 0.796. The number of pyridine rings is 1. The van der Waals surface area contributed by atoms with E-state index >= 15 is 0 Å². The number of rotatable bonds is 4. The monoisotopic (exact) mass is 233 g/mol. The average molecular weight is 233 g/mol. The van der Waals surface area contributed by atoms with Crippen molar-refractivity contribution in [1.82, 2.24) is 19.9 Å². The van der Waals surface area contributed by atoms with E-state index in [1.807, 2.05) is 31.1 Å². The van der Waals surface area contributed by atoms with Crippen LogP contribution in [0.5, 0.6) is 0 Å². The van der Waals surface area contributed by atoms with E-state index in [4.69, 9.17) is 0 Å². The van der Waals surface area contributed by atoms with Crippen LogP contribution in [0, 0.1) is 0 Å². The summed E-state index contributed by atoms with van der Waals surface area (Å²) in [7, 11) is 8.08. The topological polar surface area (TPSA) is 48.1 Å². The molecule has 0 aliphatic carbocycles. The molecular weight excluding hydrogens is 214 g/mol. The molecule has 0 spiro atoms. The molecule has 2 heterocycles. The zero-order chi connectivity index (χ0) is 12.4. The van der Waals surface area contributed by atoms with Crippen LogP contribution in [0.4, 0.5) is 5.82 Å². The summed E-state index contributed by atoms with van der Waals surface area (Å²) >= 11 is 0. The first-order chi connectivity index (χ1) is 8.06. The second kappa shape index (κ2) is 4.71. The highest BCUT2D eigenvalue weighted by atomic mass is 15.2. The fraction of sp³-hybridized carbons (Fsp3) is 0.500. The summed E-state index contributed by atoms with van der Waals surface area (Å²) in [4.78, 5) is 16.4. The highest BCUT2D eigenvalue weighted by Gasteiger charge is 2.06. The summed E-state index contributed by atoms with van der Waals surface area (Å²) in [5, 5.41) is 0. The number of imidazole rings is 1. The number of nitrogens with one attached hydrogen (secondary N) is 1. The Labute approximate surface area is 101 Å². The molecule has 0 unspecified atom stereocenters. The Kier molecular flexibility index (Phi) is 3.28. The Morgan fingerprint density at radius 2 is 1.88 bits per heavy atom. The van der Waals surface area contributed by atoms with Gasteiger partial charge in [-0.1, -0.05) is 0 Å². The van der Waals surface area contributed by atoms with Gasteiger partial charge in [0.2, 0.25) is 0 Å². The second-order valence-electron chi connectivity index (χ2n) is 4.67. The Hall–Kier alpha value is -1.62. The first-order valence-electron chi connectivity index (χ1n) is 5.74. The van der Waals surface area contributed by atoms with Crippen molar-refractivity contribution < 1.29 is 0 Å². The van der Waals surface area contributed by atoms with E-state index in [-0.39, 0.29) is 0 Å². The van der Waals surface area contributed by atoms with E-state index in [2.05, 4.69) is 33.9 Å². The number of fused-ring (bicyclic) bond motifs is 1. The van der Waals surface area contributed by atoms with E-state index in [1.54, 1.807) is 0 Å². The largest absolute Gasteiger partial charge is 0.363 e. The van der Waals surface area contributed by atoms with Gasteiger partial charge in [-0.15, -0.1) is 0 Å². The van der Waals surface area contributed by atoms with Gasteiger partial charge in [0.05, 0.1) is 5.52 Å². The van der Waals surface area contributed by atoms with Crippen molar-refractivity contribution in [2.75, 3.05) is 39.6 Å². The summed E-state index contributed by atoms with van der Waals surface area (Å²) in [6, 6.07) is 4.03. The first kappa shape index (κ1) is 11.9. The minimum Gasteiger partial charge on any atom is -0.363 e. The smallest absolute Gasteiger partial charge is 0.179 e. The van der Waals surface area contributed by atoms with Crippen LogP contribution in [0.15, 0.2) is 12.1 Å². The van der Waals surface area contributed by atoms with Crippen molar-refractivity contribution in [3.05, 3.63) is 18.0 Å². The lowest BCUT2D eigenvalue weighted by molar-refractivity contribution is 0.410. The number of hydrogen-bond donors (Lipinski definition) is 1. The molecule has 0 aromatic carbocycles. The summed E-state index contributed by atoms with van der Waals surface area (Å²) in [6.07, 6.45) is 0.917. The molecule has 5 nitrogen and oxygen atoms in total. The van der Waals surface area contributed by atoms with E-state index in [9.17, 15) is 0 Å². The first-order valence-corrected chi connectivity index (χ1v) is 5.74. The van der Waals surface area contributed by atoms with E-state index in [1.165, 1.54) is 0 Å². The summed E-state index contributed by atoms with van der Waals surface area (Å²) in [5.74, 6) is 1.93. The fourth-order valence-corrected chi connectivity index (χ4v) is 1.63. The Morgan fingerprint density at radius 3 is 2.53 bits per heavy atom. The maximum atomic E-state index is 4.51. The molecule has 0 amide bonds. The molecule has 0 saturated carbocycles. The lowest BCUT2D eigenvalue weighted by atomic mass is 10.4. The third-order valence-electron chi connectivity index (χ3n) is 2.63. The van der Waals surface area contributed by atoms with Gasteiger partial charge in [-0.2, -0.15) is 0 Å². The molecule has 0 radical (unpaired) electrons. The van der Waals surface area contributed by atoms with Gasteiger partial charge in [-0.3, -0.25) is 0 Å². The number of aromatic amines is 1. The zero-order valence-corrected chi connectivity index (χ0v) is 10.9. The fourth-order valence-electron chi connectivity index (χ4n) is 1.63. The number of H-pyrrole nitrogens is 1. The van der Waals surface area contributed by atoms with Crippen LogP contribution in [-0.2, 0) is 6.42 Å². The predicted molar refractivity (Wildman–Crippen MR) is 70.5 cm³/mol. The van der Waals surface area contributed by atoms with Crippen LogP contribution in [0.2, 0.25) is 0 Å². The predicted octanol–water partition coefficient (Wildman–Crippen LogP) is 1.13. The molecule has 2 aromatic rings. The summed E-state index contributed by atoms with van der Waals surface area (Å²) in [5.41, 5.74) is 1.80. The number of hydrogen-bond acceptors (Lipinski definition) is 4. The number of nitrogens with zero attached hydrogens (tertiary/aromatic N) is 4. The molecule has 0 bridgehead atoms. The lowest BCUT2D eigenvalue weighted by Gasteiger charge is -2.09. The molecule has 0 fully saturated rings. The van der Waals surface area contributed by atoms with E-state index in [0.29, 0.717) is 0 Å². The van der Waals surface area contributed by atoms with Gasteiger partial charge in [0, 0.05) is 27.1 Å². The molecule has 0 aliphatic heterocycles. The number of aromatic nitrogens is 3. The van der Waals surface area contributed by atoms with Crippen molar-refractivity contribution in [3.8, 4) is 0 Å². The van der Waals surface area contributed by atoms with Gasteiger partial charge in [0.25, 0.3) is 0 Å². The van der Waals surface area contributed by atoms with E-state index in [0.717, 1.165) is 35.8 Å². The van der Waals surface area contributed by atoms with Gasteiger partial charge in [-0.25, -0.2) is 9.97 Å². The summed E-state index contributed by atoms with van der Waals surface area (Å²) < 4.78 is 0.